The van der Waals surface area contributed by atoms with Gasteiger partial charge in [-0.15, -0.1) is 0 Å². The Morgan fingerprint density at radius 1 is 1.16 bits per heavy atom. The molecule has 0 radical (unpaired) electrons. The molecule has 0 saturated carbocycles. The average molecular weight is 374 g/mol. The van der Waals surface area contributed by atoms with Crippen LogP contribution in [-0.2, 0) is 0 Å². The van der Waals surface area contributed by atoms with Crippen molar-refractivity contribution in [1.29, 1.82) is 0 Å². The van der Waals surface area contributed by atoms with Crippen molar-refractivity contribution in [3.63, 3.8) is 0 Å². The van der Waals surface area contributed by atoms with Gasteiger partial charge in [0.2, 0.25) is 0 Å². The molecule has 0 unspecified atom stereocenters. The van der Waals surface area contributed by atoms with Crippen molar-refractivity contribution >= 4 is 29.3 Å². The first kappa shape index (κ1) is 16.9. The Balaban J connectivity index is 1.39. The molecule has 130 valence electrons. The van der Waals surface area contributed by atoms with Crippen LogP contribution in [0.2, 0.25) is 5.15 Å². The number of fused-ring (bicyclic) bond motifs is 3. The van der Waals surface area contributed by atoms with E-state index in [1.54, 1.807) is 18.0 Å². The average Bonchev–Trinajstić information content (AvgIpc) is 2.63. The Labute approximate surface area is 157 Å². The van der Waals surface area contributed by atoms with Gasteiger partial charge in [0.05, 0.1) is 0 Å². The predicted molar refractivity (Wildman–Crippen MR) is 100 cm³/mol. The number of hydrogen-bond donors (Lipinski definition) is 1. The highest BCUT2D eigenvalue weighted by Gasteiger charge is 2.34. The molecule has 3 aliphatic heterocycles. The Kier molecular flexibility index (Phi) is 4.97. The van der Waals surface area contributed by atoms with Gasteiger partial charge in [0, 0.05) is 34.1 Å². The SMILES string of the molecule is O=C(N[C@H]1CN2CCC1CC2)c1ccc(Sc2ccnc(Cl)c2)cc1. The van der Waals surface area contributed by atoms with Gasteiger partial charge in [-0.1, -0.05) is 23.4 Å². The summed E-state index contributed by atoms with van der Waals surface area (Å²) in [6.45, 7) is 3.36. The lowest BCUT2D eigenvalue weighted by atomic mass is 9.84. The highest BCUT2D eigenvalue weighted by molar-refractivity contribution is 7.99. The minimum atomic E-state index is 0.0299. The number of nitrogens with one attached hydrogen (secondary N) is 1. The molecule has 5 rings (SSSR count). The number of rotatable bonds is 4. The number of carbonyl (C=O) groups excluding carboxylic acids is 1. The van der Waals surface area contributed by atoms with E-state index in [4.69, 9.17) is 11.6 Å². The Morgan fingerprint density at radius 2 is 1.92 bits per heavy atom. The van der Waals surface area contributed by atoms with Crippen LogP contribution in [0, 0.1) is 5.92 Å². The van der Waals surface area contributed by atoms with Crippen molar-refractivity contribution < 1.29 is 4.79 Å². The van der Waals surface area contributed by atoms with Crippen LogP contribution in [0.1, 0.15) is 23.2 Å². The molecule has 3 aliphatic rings. The van der Waals surface area contributed by atoms with Gasteiger partial charge in [-0.05, 0) is 68.2 Å². The zero-order chi connectivity index (χ0) is 17.2. The first-order chi connectivity index (χ1) is 12.2. The highest BCUT2D eigenvalue weighted by Crippen LogP contribution is 2.29. The van der Waals surface area contributed by atoms with E-state index in [2.05, 4.69) is 15.2 Å². The van der Waals surface area contributed by atoms with Crippen molar-refractivity contribution in [2.75, 3.05) is 19.6 Å². The van der Waals surface area contributed by atoms with Crippen molar-refractivity contribution in [2.45, 2.75) is 28.7 Å². The predicted octanol–water partition coefficient (Wildman–Crippen LogP) is 3.71. The topological polar surface area (TPSA) is 45.2 Å². The van der Waals surface area contributed by atoms with Crippen LogP contribution in [0.4, 0.5) is 0 Å². The maximum atomic E-state index is 12.5. The number of benzene rings is 1. The first-order valence-corrected chi connectivity index (χ1v) is 9.79. The third-order valence-electron chi connectivity index (χ3n) is 5.02. The molecule has 3 saturated heterocycles. The van der Waals surface area contributed by atoms with Crippen LogP contribution in [0.25, 0.3) is 0 Å². The number of hydrogen-bond acceptors (Lipinski definition) is 4. The summed E-state index contributed by atoms with van der Waals surface area (Å²) in [5.41, 5.74) is 0.716. The number of pyridine rings is 1. The van der Waals surface area contributed by atoms with Crippen LogP contribution in [0.3, 0.4) is 0 Å². The zero-order valence-electron chi connectivity index (χ0n) is 13.8. The molecule has 1 aromatic carbocycles. The molecular weight excluding hydrogens is 354 g/mol. The fourth-order valence-corrected chi connectivity index (χ4v) is 4.72. The van der Waals surface area contributed by atoms with Crippen molar-refractivity contribution in [1.82, 2.24) is 15.2 Å². The van der Waals surface area contributed by atoms with Gasteiger partial charge in [-0.3, -0.25) is 4.79 Å². The van der Waals surface area contributed by atoms with E-state index >= 15 is 0 Å². The summed E-state index contributed by atoms with van der Waals surface area (Å²) >= 11 is 7.52. The Hall–Kier alpha value is -1.56. The third kappa shape index (κ3) is 4.00. The van der Waals surface area contributed by atoms with Gasteiger partial charge in [-0.2, -0.15) is 0 Å². The molecule has 6 heteroatoms. The second-order valence-corrected chi connectivity index (χ2v) is 8.19. The van der Waals surface area contributed by atoms with Gasteiger partial charge in [0.15, 0.2) is 0 Å². The second-order valence-electron chi connectivity index (χ2n) is 6.66. The van der Waals surface area contributed by atoms with E-state index in [0.717, 1.165) is 16.3 Å². The summed E-state index contributed by atoms with van der Waals surface area (Å²) in [5.74, 6) is 0.669. The van der Waals surface area contributed by atoms with Crippen LogP contribution >= 0.6 is 23.4 Å². The largest absolute Gasteiger partial charge is 0.348 e. The molecule has 1 N–H and O–H groups in total. The van der Waals surface area contributed by atoms with Gasteiger partial charge >= 0.3 is 0 Å². The molecule has 25 heavy (non-hydrogen) atoms. The molecule has 1 amide bonds. The molecule has 0 spiro atoms. The zero-order valence-corrected chi connectivity index (χ0v) is 15.4. The van der Waals surface area contributed by atoms with Gasteiger partial charge in [-0.25, -0.2) is 4.98 Å². The highest BCUT2D eigenvalue weighted by atomic mass is 35.5. The standard InChI is InChI=1S/C19H20ClN3OS/c20-18-11-16(5-8-21-18)25-15-3-1-14(2-4-15)19(24)22-17-12-23-9-6-13(17)7-10-23/h1-5,8,11,13,17H,6-7,9-10,12H2,(H,22,24)/t17-/m0/s1. The first-order valence-electron chi connectivity index (χ1n) is 8.60. The van der Waals surface area contributed by atoms with E-state index < -0.39 is 0 Å². The molecule has 3 fully saturated rings. The lowest BCUT2D eigenvalue weighted by Gasteiger charge is -2.44. The minimum Gasteiger partial charge on any atom is -0.348 e. The van der Waals surface area contributed by atoms with E-state index in [1.807, 2.05) is 36.4 Å². The van der Waals surface area contributed by atoms with E-state index in [1.165, 1.54) is 25.9 Å². The summed E-state index contributed by atoms with van der Waals surface area (Å²) < 4.78 is 0. The third-order valence-corrected chi connectivity index (χ3v) is 6.23. The molecule has 2 bridgehead atoms. The number of halogens is 1. The fraction of sp³-hybridized carbons (Fsp3) is 0.368. The number of aromatic nitrogens is 1. The molecule has 1 atom stereocenters. The van der Waals surface area contributed by atoms with Crippen LogP contribution in [-0.4, -0.2) is 41.5 Å². The molecular formula is C19H20ClN3OS. The summed E-state index contributed by atoms with van der Waals surface area (Å²) in [5, 5.41) is 3.71. The lowest BCUT2D eigenvalue weighted by molar-refractivity contribution is 0.0620. The smallest absolute Gasteiger partial charge is 0.251 e. The normalized spacial score (nSPS) is 24.9. The van der Waals surface area contributed by atoms with Gasteiger partial charge < -0.3 is 10.2 Å². The monoisotopic (exact) mass is 373 g/mol. The Morgan fingerprint density at radius 3 is 2.56 bits per heavy atom. The van der Waals surface area contributed by atoms with E-state index in [9.17, 15) is 4.79 Å². The quantitative estimate of drug-likeness (QED) is 0.830. The fourth-order valence-electron chi connectivity index (χ4n) is 3.64. The lowest BCUT2D eigenvalue weighted by Crippen LogP contribution is -2.57. The molecule has 1 aromatic heterocycles. The summed E-state index contributed by atoms with van der Waals surface area (Å²) in [7, 11) is 0. The molecule has 4 nitrogen and oxygen atoms in total. The van der Waals surface area contributed by atoms with Gasteiger partial charge in [0.1, 0.15) is 5.15 Å². The van der Waals surface area contributed by atoms with Crippen molar-refractivity contribution in [2.24, 2.45) is 5.92 Å². The summed E-state index contributed by atoms with van der Waals surface area (Å²) in [6.07, 6.45) is 4.10. The van der Waals surface area contributed by atoms with Crippen molar-refractivity contribution in [3.8, 4) is 0 Å². The number of piperidine rings is 3. The van der Waals surface area contributed by atoms with Crippen LogP contribution in [0.5, 0.6) is 0 Å². The Bertz CT molecular complexity index is 760. The van der Waals surface area contributed by atoms with Crippen LogP contribution < -0.4 is 5.32 Å². The van der Waals surface area contributed by atoms with E-state index in [-0.39, 0.29) is 5.91 Å². The molecule has 0 aliphatic carbocycles. The van der Waals surface area contributed by atoms with Gasteiger partial charge in [0.25, 0.3) is 5.91 Å². The van der Waals surface area contributed by atoms with E-state index in [0.29, 0.717) is 22.7 Å². The summed E-state index contributed by atoms with van der Waals surface area (Å²) in [4.78, 5) is 21.1. The second kappa shape index (κ2) is 7.36. The van der Waals surface area contributed by atoms with Crippen molar-refractivity contribution in [3.05, 3.63) is 53.3 Å². The number of nitrogens with zero attached hydrogens (tertiary/aromatic N) is 2. The van der Waals surface area contributed by atoms with Crippen LogP contribution in [0.15, 0.2) is 52.4 Å². The summed E-state index contributed by atoms with van der Waals surface area (Å²) in [6, 6.07) is 11.8. The number of carbonyl (C=O) groups is 1. The molecule has 2 aromatic rings. The maximum Gasteiger partial charge on any atom is 0.251 e. The molecule has 4 heterocycles. The number of amides is 1. The maximum absolute atomic E-state index is 12.5. The minimum absolute atomic E-state index is 0.0299.